The summed E-state index contributed by atoms with van der Waals surface area (Å²) in [7, 11) is 0. The summed E-state index contributed by atoms with van der Waals surface area (Å²) in [6.07, 6.45) is 20.7. The average Bonchev–Trinajstić information content (AvgIpc) is 2.75. The molecule has 1 atom stereocenters. The minimum absolute atomic E-state index is 0.125. The van der Waals surface area contributed by atoms with Crippen LogP contribution in [0.4, 0.5) is 0 Å². The molecule has 8 nitrogen and oxygen atoms in total. The first-order chi connectivity index (χ1) is 15.4. The van der Waals surface area contributed by atoms with Gasteiger partial charge in [-0.3, -0.25) is 25.0 Å². The van der Waals surface area contributed by atoms with E-state index in [9.17, 15) is 30.1 Å². The second-order valence-corrected chi connectivity index (χ2v) is 9.08. The Hall–Kier alpha value is -1.57. The van der Waals surface area contributed by atoms with Crippen molar-refractivity contribution in [2.45, 2.75) is 147 Å². The Morgan fingerprint density at radius 1 is 0.656 bits per heavy atom. The highest BCUT2D eigenvalue weighted by Crippen LogP contribution is 2.20. The highest BCUT2D eigenvalue weighted by Gasteiger charge is 2.63. The van der Waals surface area contributed by atoms with Crippen LogP contribution in [0.1, 0.15) is 135 Å². The van der Waals surface area contributed by atoms with Crippen molar-refractivity contribution in [2.75, 3.05) is 0 Å². The number of unbranched alkanes of at least 4 members (excludes halogenated alkanes) is 18. The molecule has 0 aromatic carbocycles. The van der Waals surface area contributed by atoms with Crippen molar-refractivity contribution >= 4 is 6.29 Å². The number of carbonyl (C=O) groups excluding carboxylic acids is 1. The van der Waals surface area contributed by atoms with Crippen LogP contribution in [0, 0.1) is 20.2 Å². The van der Waals surface area contributed by atoms with Crippen molar-refractivity contribution in [1.29, 1.82) is 0 Å². The predicted octanol–water partition coefficient (Wildman–Crippen LogP) is 6.62. The van der Waals surface area contributed by atoms with E-state index in [4.69, 9.17) is 0 Å². The fourth-order valence-electron chi connectivity index (χ4n) is 4.10. The zero-order valence-corrected chi connectivity index (χ0v) is 20.2. The summed E-state index contributed by atoms with van der Waals surface area (Å²) in [5, 5.41) is 31.6. The molecule has 0 saturated heterocycles. The van der Waals surface area contributed by atoms with Crippen LogP contribution in [-0.4, -0.2) is 33.0 Å². The standard InChI is InChI=1S/C24H46N2O6/c1-2-3-4-5-6-7-8-9-10-11-12-13-14-15-16-17-18-19-20-21-23(28)24(22-27,25(29)30)26(31)32/h22-23,28H,2-21H2,1H3. The number of aliphatic hydroxyl groups excluding tert-OH is 1. The lowest BCUT2D eigenvalue weighted by atomic mass is 9.98. The molecule has 32 heavy (non-hydrogen) atoms. The second kappa shape index (κ2) is 20.1. The van der Waals surface area contributed by atoms with Crippen molar-refractivity contribution in [3.05, 3.63) is 20.2 Å². The molecule has 0 amide bonds. The zero-order chi connectivity index (χ0) is 24.1. The van der Waals surface area contributed by atoms with E-state index in [-0.39, 0.29) is 12.7 Å². The first-order valence-electron chi connectivity index (χ1n) is 12.9. The molecule has 188 valence electrons. The molecule has 0 heterocycles. The van der Waals surface area contributed by atoms with Gasteiger partial charge in [-0.2, -0.15) is 0 Å². The summed E-state index contributed by atoms with van der Waals surface area (Å²) in [5.41, 5.74) is -3.14. The number of hydrogen-bond donors (Lipinski definition) is 1. The maximum Gasteiger partial charge on any atom is 0.537 e. The molecule has 0 aromatic rings. The van der Waals surface area contributed by atoms with E-state index in [1.54, 1.807) is 0 Å². The summed E-state index contributed by atoms with van der Waals surface area (Å²) in [5.74, 6) is 0. The second-order valence-electron chi connectivity index (χ2n) is 9.08. The van der Waals surface area contributed by atoms with Gasteiger partial charge in [0.15, 0.2) is 0 Å². The van der Waals surface area contributed by atoms with E-state index >= 15 is 0 Å². The predicted molar refractivity (Wildman–Crippen MR) is 127 cm³/mol. The molecule has 1 unspecified atom stereocenters. The molecule has 0 aliphatic carbocycles. The molecule has 0 aromatic heterocycles. The minimum Gasteiger partial charge on any atom is -0.379 e. The molecule has 0 saturated carbocycles. The fourth-order valence-corrected chi connectivity index (χ4v) is 4.10. The quantitative estimate of drug-likeness (QED) is 0.0570. The van der Waals surface area contributed by atoms with Crippen molar-refractivity contribution in [1.82, 2.24) is 0 Å². The zero-order valence-electron chi connectivity index (χ0n) is 20.2. The van der Waals surface area contributed by atoms with Crippen LogP contribution in [0.5, 0.6) is 0 Å². The monoisotopic (exact) mass is 458 g/mol. The van der Waals surface area contributed by atoms with Crippen LogP contribution >= 0.6 is 0 Å². The molecule has 1 N–H and O–H groups in total. The normalized spacial score (nSPS) is 12.6. The van der Waals surface area contributed by atoms with Crippen LogP contribution in [0.2, 0.25) is 0 Å². The van der Waals surface area contributed by atoms with Gasteiger partial charge in [-0.05, 0) is 6.42 Å². The lowest BCUT2D eigenvalue weighted by molar-refractivity contribution is -0.783. The minimum atomic E-state index is -3.14. The van der Waals surface area contributed by atoms with Gasteiger partial charge in [0, 0.05) is 0 Å². The Morgan fingerprint density at radius 2 is 0.938 bits per heavy atom. The molecular formula is C24H46N2O6. The van der Waals surface area contributed by atoms with E-state index < -0.39 is 21.6 Å². The van der Waals surface area contributed by atoms with Gasteiger partial charge in [0.05, 0.1) is 0 Å². The Kier molecular flexibility index (Phi) is 19.1. The van der Waals surface area contributed by atoms with E-state index in [2.05, 4.69) is 6.92 Å². The lowest BCUT2D eigenvalue weighted by Crippen LogP contribution is -2.57. The first-order valence-corrected chi connectivity index (χ1v) is 12.9. The number of aldehydes is 1. The van der Waals surface area contributed by atoms with E-state index in [0.29, 0.717) is 6.42 Å². The molecule has 0 radical (unpaired) electrons. The van der Waals surface area contributed by atoms with Gasteiger partial charge in [-0.15, -0.1) is 0 Å². The molecule has 0 spiro atoms. The van der Waals surface area contributed by atoms with E-state index in [1.165, 1.54) is 89.9 Å². The smallest absolute Gasteiger partial charge is 0.379 e. The summed E-state index contributed by atoms with van der Waals surface area (Å²) >= 11 is 0. The Labute approximate surface area is 193 Å². The molecule has 8 heteroatoms. The summed E-state index contributed by atoms with van der Waals surface area (Å²) < 4.78 is 0. The van der Waals surface area contributed by atoms with Crippen LogP contribution in [0.15, 0.2) is 0 Å². The first kappa shape index (κ1) is 30.4. The molecule has 0 aliphatic rings. The number of rotatable bonds is 24. The number of carbonyl (C=O) groups is 1. The third kappa shape index (κ3) is 13.1. The van der Waals surface area contributed by atoms with Gasteiger partial charge in [-0.25, -0.2) is 0 Å². The largest absolute Gasteiger partial charge is 0.537 e. The maximum atomic E-state index is 10.9. The summed E-state index contributed by atoms with van der Waals surface area (Å²) in [6.45, 7) is 2.25. The highest BCUT2D eigenvalue weighted by atomic mass is 16.7. The third-order valence-electron chi connectivity index (χ3n) is 6.33. The number of aliphatic hydroxyl groups is 1. The van der Waals surface area contributed by atoms with Crippen molar-refractivity contribution in [3.8, 4) is 0 Å². The van der Waals surface area contributed by atoms with Crippen molar-refractivity contribution in [3.63, 3.8) is 0 Å². The van der Waals surface area contributed by atoms with Crippen LogP contribution in [0.25, 0.3) is 0 Å². The number of hydrogen-bond acceptors (Lipinski definition) is 6. The van der Waals surface area contributed by atoms with Gasteiger partial charge in [0.2, 0.25) is 6.10 Å². The van der Waals surface area contributed by atoms with E-state index in [1.807, 2.05) is 0 Å². The average molecular weight is 459 g/mol. The van der Waals surface area contributed by atoms with Gasteiger partial charge < -0.3 is 5.11 Å². The van der Waals surface area contributed by atoms with Gasteiger partial charge in [0.1, 0.15) is 9.85 Å². The Bertz CT molecular complexity index is 487. The Morgan fingerprint density at radius 3 is 1.19 bits per heavy atom. The molecule has 0 fully saturated rings. The van der Waals surface area contributed by atoms with Gasteiger partial charge >= 0.3 is 5.66 Å². The maximum absolute atomic E-state index is 10.9. The molecule has 0 bridgehead atoms. The van der Waals surface area contributed by atoms with Crippen LogP contribution < -0.4 is 0 Å². The molecule has 0 aliphatic heterocycles. The van der Waals surface area contributed by atoms with Crippen molar-refractivity contribution in [2.24, 2.45) is 0 Å². The highest BCUT2D eigenvalue weighted by molar-refractivity contribution is 5.60. The number of nitrogens with zero attached hydrogens (tertiary/aromatic N) is 2. The van der Waals surface area contributed by atoms with Crippen molar-refractivity contribution < 1.29 is 19.7 Å². The Balaban J connectivity index is 3.49. The van der Waals surface area contributed by atoms with Gasteiger partial charge in [0.25, 0.3) is 6.29 Å². The van der Waals surface area contributed by atoms with Crippen LogP contribution in [-0.2, 0) is 4.79 Å². The van der Waals surface area contributed by atoms with Crippen LogP contribution in [0.3, 0.4) is 0 Å². The topological polar surface area (TPSA) is 124 Å². The third-order valence-corrected chi connectivity index (χ3v) is 6.33. The molecule has 0 rings (SSSR count). The fraction of sp³-hybridized carbons (Fsp3) is 0.958. The summed E-state index contributed by atoms with van der Waals surface area (Å²) in [6, 6.07) is 0. The lowest BCUT2D eigenvalue weighted by Gasteiger charge is -2.16. The summed E-state index contributed by atoms with van der Waals surface area (Å²) in [4.78, 5) is 30.1. The van der Waals surface area contributed by atoms with E-state index in [0.717, 1.165) is 25.7 Å². The molecular weight excluding hydrogens is 412 g/mol. The number of nitro groups is 2. The van der Waals surface area contributed by atoms with Gasteiger partial charge in [-0.1, -0.05) is 129 Å². The SMILES string of the molecule is CCCCCCCCCCCCCCCCCCCCCC(O)C(C=O)([N+](=O)[O-])[N+](=O)[O-].